The number of likely N-dealkylation sites (N-methyl/N-ethyl adjacent to an activating group) is 1. The molecular weight excluding hydrogens is 374 g/mol. The van der Waals surface area contributed by atoms with Gasteiger partial charge < -0.3 is 10.2 Å². The highest BCUT2D eigenvalue weighted by Crippen LogP contribution is 2.21. The summed E-state index contributed by atoms with van der Waals surface area (Å²) in [5.74, 6) is -3.16. The Morgan fingerprint density at radius 3 is 2.33 bits per heavy atom. The van der Waals surface area contributed by atoms with E-state index in [4.69, 9.17) is 11.6 Å². The summed E-state index contributed by atoms with van der Waals surface area (Å²) in [5.41, 5.74) is 0.479. The van der Waals surface area contributed by atoms with E-state index in [9.17, 15) is 18.4 Å². The highest BCUT2D eigenvalue weighted by atomic mass is 35.5. The van der Waals surface area contributed by atoms with Crippen LogP contribution in [0.1, 0.15) is 31.1 Å². The van der Waals surface area contributed by atoms with Crippen molar-refractivity contribution < 1.29 is 18.4 Å². The minimum atomic E-state index is -1.04. The summed E-state index contributed by atoms with van der Waals surface area (Å²) in [5, 5.41) is 2.98. The number of rotatable bonds is 6. The molecule has 0 aliphatic heterocycles. The Morgan fingerprint density at radius 1 is 1.11 bits per heavy atom. The van der Waals surface area contributed by atoms with Crippen molar-refractivity contribution in [1.82, 2.24) is 5.32 Å². The molecule has 7 heteroatoms. The van der Waals surface area contributed by atoms with Gasteiger partial charge in [-0.05, 0) is 37.1 Å². The van der Waals surface area contributed by atoms with E-state index in [0.717, 1.165) is 12.1 Å². The van der Waals surface area contributed by atoms with Crippen LogP contribution in [0.15, 0.2) is 42.5 Å². The molecule has 0 fully saturated rings. The van der Waals surface area contributed by atoms with Gasteiger partial charge in [-0.15, -0.1) is 0 Å². The van der Waals surface area contributed by atoms with Crippen molar-refractivity contribution in [2.75, 3.05) is 11.4 Å². The number of halogens is 3. The van der Waals surface area contributed by atoms with Gasteiger partial charge in [0.1, 0.15) is 6.04 Å². The Balaban J connectivity index is 2.28. The molecule has 1 atom stereocenters. The predicted octanol–water partition coefficient (Wildman–Crippen LogP) is 4.43. The lowest BCUT2D eigenvalue weighted by molar-refractivity contribution is -0.121. The third-order valence-electron chi connectivity index (χ3n) is 4.13. The topological polar surface area (TPSA) is 49.4 Å². The molecule has 27 heavy (non-hydrogen) atoms. The minimum absolute atomic E-state index is 0.221. The zero-order valence-electron chi connectivity index (χ0n) is 15.3. The average Bonchev–Trinajstić information content (AvgIpc) is 2.63. The minimum Gasteiger partial charge on any atom is -0.340 e. The summed E-state index contributed by atoms with van der Waals surface area (Å²) in [4.78, 5) is 26.9. The van der Waals surface area contributed by atoms with E-state index < -0.39 is 29.5 Å². The van der Waals surface area contributed by atoms with Crippen molar-refractivity contribution in [2.24, 2.45) is 5.92 Å². The average molecular weight is 395 g/mol. The van der Waals surface area contributed by atoms with Crippen LogP contribution in [0.5, 0.6) is 0 Å². The van der Waals surface area contributed by atoms with Gasteiger partial charge in [-0.1, -0.05) is 37.6 Å². The second kappa shape index (κ2) is 8.95. The Hall–Kier alpha value is -2.47. The molecule has 0 aliphatic rings. The second-order valence-corrected chi connectivity index (χ2v) is 6.76. The normalized spacial score (nSPS) is 12.0. The molecule has 4 nitrogen and oxygen atoms in total. The van der Waals surface area contributed by atoms with E-state index in [2.05, 4.69) is 5.32 Å². The SMILES string of the molecule is CCN(C(=O)C(NC(=O)c1ccccc1Cl)C(C)C)c1ccc(F)c(F)c1. The first-order chi connectivity index (χ1) is 12.8. The van der Waals surface area contributed by atoms with E-state index >= 15 is 0 Å². The van der Waals surface area contributed by atoms with Crippen molar-refractivity contribution in [1.29, 1.82) is 0 Å². The monoisotopic (exact) mass is 394 g/mol. The molecule has 2 amide bonds. The van der Waals surface area contributed by atoms with E-state index in [0.29, 0.717) is 0 Å². The first-order valence-corrected chi connectivity index (χ1v) is 8.95. The number of nitrogens with zero attached hydrogens (tertiary/aromatic N) is 1. The highest BCUT2D eigenvalue weighted by molar-refractivity contribution is 6.33. The molecule has 0 saturated carbocycles. The molecule has 2 aromatic carbocycles. The molecular formula is C20H21ClF2N2O2. The Kier molecular flexibility index (Phi) is 6.91. The Morgan fingerprint density at radius 2 is 1.78 bits per heavy atom. The maximum Gasteiger partial charge on any atom is 0.253 e. The third kappa shape index (κ3) is 4.83. The lowest BCUT2D eigenvalue weighted by Gasteiger charge is -2.29. The van der Waals surface area contributed by atoms with Crippen LogP contribution < -0.4 is 10.2 Å². The number of hydrogen-bond donors (Lipinski definition) is 1. The van der Waals surface area contributed by atoms with Gasteiger partial charge >= 0.3 is 0 Å². The third-order valence-corrected chi connectivity index (χ3v) is 4.46. The summed E-state index contributed by atoms with van der Waals surface area (Å²) in [7, 11) is 0. The van der Waals surface area contributed by atoms with Crippen LogP contribution >= 0.6 is 11.6 Å². The van der Waals surface area contributed by atoms with Gasteiger partial charge in [-0.3, -0.25) is 9.59 Å². The van der Waals surface area contributed by atoms with E-state index in [-0.39, 0.29) is 28.7 Å². The largest absolute Gasteiger partial charge is 0.340 e. The van der Waals surface area contributed by atoms with Gasteiger partial charge in [-0.2, -0.15) is 0 Å². The zero-order valence-corrected chi connectivity index (χ0v) is 16.1. The zero-order chi connectivity index (χ0) is 20.1. The van der Waals surface area contributed by atoms with Crippen molar-refractivity contribution >= 4 is 29.1 Å². The number of carbonyl (C=O) groups excluding carboxylic acids is 2. The molecule has 0 radical (unpaired) electrons. The van der Waals surface area contributed by atoms with E-state index in [1.807, 2.05) is 0 Å². The standard InChI is InChI=1S/C20H21ClF2N2O2/c1-4-25(13-9-10-16(22)17(23)11-13)20(27)18(12(2)3)24-19(26)14-7-5-6-8-15(14)21/h5-12,18H,4H2,1-3H3,(H,24,26). The molecule has 144 valence electrons. The molecule has 1 N–H and O–H groups in total. The van der Waals surface area contributed by atoms with Gasteiger partial charge in [0.25, 0.3) is 5.91 Å². The molecule has 2 rings (SSSR count). The number of hydrogen-bond acceptors (Lipinski definition) is 2. The van der Waals surface area contributed by atoms with Crippen molar-refractivity contribution in [2.45, 2.75) is 26.8 Å². The lowest BCUT2D eigenvalue weighted by Crippen LogP contribution is -2.51. The van der Waals surface area contributed by atoms with Crippen molar-refractivity contribution in [3.8, 4) is 0 Å². The molecule has 1 unspecified atom stereocenters. The van der Waals surface area contributed by atoms with Gasteiger partial charge in [0.05, 0.1) is 10.6 Å². The fraction of sp³-hybridized carbons (Fsp3) is 0.300. The molecule has 0 aliphatic carbocycles. The molecule has 0 bridgehead atoms. The van der Waals surface area contributed by atoms with Gasteiger partial charge in [0.15, 0.2) is 11.6 Å². The van der Waals surface area contributed by atoms with Crippen LogP contribution in [0, 0.1) is 17.6 Å². The summed E-state index contributed by atoms with van der Waals surface area (Å²) < 4.78 is 26.8. The molecule has 0 heterocycles. The van der Waals surface area contributed by atoms with E-state index in [1.165, 1.54) is 11.0 Å². The van der Waals surface area contributed by atoms with Crippen LogP contribution in [-0.2, 0) is 4.79 Å². The van der Waals surface area contributed by atoms with Gasteiger partial charge in [0, 0.05) is 18.3 Å². The Bertz CT molecular complexity index is 842. The summed E-state index contributed by atoms with van der Waals surface area (Å²) in [6.45, 7) is 5.52. The van der Waals surface area contributed by atoms with Crippen LogP contribution in [-0.4, -0.2) is 24.4 Å². The first-order valence-electron chi connectivity index (χ1n) is 8.58. The van der Waals surface area contributed by atoms with Crippen molar-refractivity contribution in [3.63, 3.8) is 0 Å². The van der Waals surface area contributed by atoms with Gasteiger partial charge in [-0.25, -0.2) is 8.78 Å². The van der Waals surface area contributed by atoms with Gasteiger partial charge in [0.2, 0.25) is 5.91 Å². The van der Waals surface area contributed by atoms with Crippen LogP contribution in [0.25, 0.3) is 0 Å². The van der Waals surface area contributed by atoms with E-state index in [1.54, 1.807) is 45.0 Å². The number of benzene rings is 2. The molecule has 0 spiro atoms. The highest BCUT2D eigenvalue weighted by Gasteiger charge is 2.30. The lowest BCUT2D eigenvalue weighted by atomic mass is 10.0. The molecule has 0 aromatic heterocycles. The number of anilines is 1. The number of amides is 2. The van der Waals surface area contributed by atoms with Crippen LogP contribution in [0.4, 0.5) is 14.5 Å². The summed E-state index contributed by atoms with van der Waals surface area (Å²) >= 11 is 6.05. The quantitative estimate of drug-likeness (QED) is 0.788. The maximum atomic E-state index is 13.6. The molecule has 0 saturated heterocycles. The smallest absolute Gasteiger partial charge is 0.253 e. The first kappa shape index (κ1) is 20.8. The van der Waals surface area contributed by atoms with Crippen LogP contribution in [0.2, 0.25) is 5.02 Å². The number of nitrogens with one attached hydrogen (secondary N) is 1. The molecule has 2 aromatic rings. The summed E-state index contributed by atoms with van der Waals surface area (Å²) in [6, 6.07) is 8.92. The van der Waals surface area contributed by atoms with Crippen LogP contribution in [0.3, 0.4) is 0 Å². The fourth-order valence-corrected chi connectivity index (χ4v) is 2.89. The second-order valence-electron chi connectivity index (χ2n) is 6.36. The number of carbonyl (C=O) groups is 2. The summed E-state index contributed by atoms with van der Waals surface area (Å²) in [6.07, 6.45) is 0. The van der Waals surface area contributed by atoms with Crippen molar-refractivity contribution in [3.05, 3.63) is 64.7 Å². The Labute approximate surface area is 162 Å². The maximum absolute atomic E-state index is 13.6. The fourth-order valence-electron chi connectivity index (χ4n) is 2.66. The predicted molar refractivity (Wildman–Crippen MR) is 102 cm³/mol.